The van der Waals surface area contributed by atoms with Crippen molar-refractivity contribution < 1.29 is 17.6 Å². The first kappa shape index (κ1) is 15.5. The number of anilines is 2. The van der Waals surface area contributed by atoms with Crippen molar-refractivity contribution in [2.24, 2.45) is 0 Å². The third-order valence-electron chi connectivity index (χ3n) is 3.72. The lowest BCUT2D eigenvalue weighted by molar-refractivity contribution is -0.116. The number of hydrogen-bond acceptors (Lipinski definition) is 3. The van der Waals surface area contributed by atoms with Crippen molar-refractivity contribution in [3.05, 3.63) is 53.3 Å². The van der Waals surface area contributed by atoms with E-state index in [1.54, 1.807) is 19.1 Å². The topological polar surface area (TPSA) is 75.3 Å². The van der Waals surface area contributed by atoms with Gasteiger partial charge in [-0.3, -0.25) is 9.52 Å². The van der Waals surface area contributed by atoms with E-state index in [1.165, 1.54) is 24.3 Å². The van der Waals surface area contributed by atoms with E-state index in [0.717, 1.165) is 5.56 Å². The van der Waals surface area contributed by atoms with Crippen LogP contribution in [-0.4, -0.2) is 14.3 Å². The third kappa shape index (κ3) is 3.19. The number of sulfonamides is 1. The predicted octanol–water partition coefficient (Wildman–Crippen LogP) is 2.82. The zero-order valence-electron chi connectivity index (χ0n) is 12.4. The van der Waals surface area contributed by atoms with Crippen LogP contribution in [0.5, 0.6) is 0 Å². The Morgan fingerprint density at radius 3 is 2.65 bits per heavy atom. The number of fused-ring (bicyclic) bond motifs is 1. The molecule has 0 unspecified atom stereocenters. The maximum absolute atomic E-state index is 13.1. The Labute approximate surface area is 133 Å². The highest BCUT2D eigenvalue weighted by atomic mass is 32.2. The van der Waals surface area contributed by atoms with Gasteiger partial charge in [0.1, 0.15) is 5.82 Å². The maximum Gasteiger partial charge on any atom is 0.261 e. The van der Waals surface area contributed by atoms with Crippen LogP contribution < -0.4 is 10.0 Å². The van der Waals surface area contributed by atoms with Crippen molar-refractivity contribution in [1.82, 2.24) is 0 Å². The number of hydrogen-bond donors (Lipinski definition) is 2. The molecule has 0 saturated heterocycles. The van der Waals surface area contributed by atoms with Gasteiger partial charge in [-0.2, -0.15) is 0 Å². The second-order valence-electron chi connectivity index (χ2n) is 5.43. The molecule has 0 radical (unpaired) electrons. The van der Waals surface area contributed by atoms with Gasteiger partial charge in [-0.05, 0) is 60.9 Å². The smallest absolute Gasteiger partial charge is 0.261 e. The van der Waals surface area contributed by atoms with Gasteiger partial charge in [0.15, 0.2) is 0 Å². The summed E-state index contributed by atoms with van der Waals surface area (Å²) >= 11 is 0. The molecule has 1 aliphatic heterocycles. The molecule has 7 heteroatoms. The average molecular weight is 334 g/mol. The Kier molecular flexibility index (Phi) is 3.81. The molecule has 2 aromatic rings. The van der Waals surface area contributed by atoms with Crippen LogP contribution in [0.15, 0.2) is 41.3 Å². The normalized spacial score (nSPS) is 14.1. The summed E-state index contributed by atoms with van der Waals surface area (Å²) in [7, 11) is -3.78. The molecule has 5 nitrogen and oxygen atoms in total. The molecule has 3 rings (SSSR count). The number of carbonyl (C=O) groups is 1. The minimum Gasteiger partial charge on any atom is -0.326 e. The molecule has 1 aliphatic rings. The van der Waals surface area contributed by atoms with Gasteiger partial charge in [0.05, 0.1) is 10.6 Å². The van der Waals surface area contributed by atoms with E-state index in [9.17, 15) is 17.6 Å². The van der Waals surface area contributed by atoms with Gasteiger partial charge in [-0.25, -0.2) is 12.8 Å². The van der Waals surface area contributed by atoms with Crippen molar-refractivity contribution >= 4 is 27.3 Å². The van der Waals surface area contributed by atoms with Crippen molar-refractivity contribution in [3.63, 3.8) is 0 Å². The van der Waals surface area contributed by atoms with Gasteiger partial charge in [-0.1, -0.05) is 0 Å². The lowest BCUT2D eigenvalue weighted by atomic mass is 10.0. The van der Waals surface area contributed by atoms with E-state index in [1.807, 2.05) is 0 Å². The zero-order valence-corrected chi connectivity index (χ0v) is 13.2. The molecule has 2 aromatic carbocycles. The molecule has 0 bridgehead atoms. The van der Waals surface area contributed by atoms with Crippen molar-refractivity contribution in [1.29, 1.82) is 0 Å². The highest BCUT2D eigenvalue weighted by molar-refractivity contribution is 7.92. The van der Waals surface area contributed by atoms with E-state index in [4.69, 9.17) is 0 Å². The average Bonchev–Trinajstić information content (AvgIpc) is 2.49. The quantitative estimate of drug-likeness (QED) is 0.906. The maximum atomic E-state index is 13.1. The molecule has 120 valence electrons. The summed E-state index contributed by atoms with van der Waals surface area (Å²) in [5.41, 5.74) is 2.25. The number of halogens is 1. The van der Waals surface area contributed by atoms with Crippen LogP contribution in [0, 0.1) is 12.7 Å². The fourth-order valence-corrected chi connectivity index (χ4v) is 3.65. The van der Waals surface area contributed by atoms with Gasteiger partial charge in [0.25, 0.3) is 10.0 Å². The van der Waals surface area contributed by atoms with Crippen LogP contribution in [-0.2, 0) is 21.2 Å². The van der Waals surface area contributed by atoms with Crippen molar-refractivity contribution in [3.8, 4) is 0 Å². The lowest BCUT2D eigenvalue weighted by Gasteiger charge is -2.18. The summed E-state index contributed by atoms with van der Waals surface area (Å²) in [4.78, 5) is 11.4. The molecule has 0 aromatic heterocycles. The van der Waals surface area contributed by atoms with Crippen molar-refractivity contribution in [2.75, 3.05) is 10.0 Å². The standard InChI is InChI=1S/C16H15FN2O3S/c1-10-8-12(17)3-5-14(10)19-23(21,22)13-4-6-15-11(9-13)2-7-16(20)18-15/h3-6,8-9,19H,2,7H2,1H3,(H,18,20). The Balaban J connectivity index is 1.92. The zero-order chi connectivity index (χ0) is 16.6. The fraction of sp³-hybridized carbons (Fsp3) is 0.188. The number of amides is 1. The lowest BCUT2D eigenvalue weighted by Crippen LogP contribution is -2.20. The number of nitrogens with one attached hydrogen (secondary N) is 2. The van der Waals surface area contributed by atoms with Gasteiger partial charge in [-0.15, -0.1) is 0 Å². The molecule has 2 N–H and O–H groups in total. The second kappa shape index (κ2) is 5.66. The Morgan fingerprint density at radius 1 is 1.13 bits per heavy atom. The summed E-state index contributed by atoms with van der Waals surface area (Å²) in [5.74, 6) is -0.497. The number of benzene rings is 2. The van der Waals surface area contributed by atoms with E-state index < -0.39 is 15.8 Å². The molecule has 23 heavy (non-hydrogen) atoms. The summed E-state index contributed by atoms with van der Waals surface area (Å²) < 4.78 is 40.6. The Bertz CT molecular complexity index is 894. The molecule has 1 heterocycles. The molecule has 0 atom stereocenters. The van der Waals surface area contributed by atoms with E-state index in [2.05, 4.69) is 10.0 Å². The van der Waals surface area contributed by atoms with Crippen LogP contribution >= 0.6 is 0 Å². The monoisotopic (exact) mass is 334 g/mol. The minimum absolute atomic E-state index is 0.0758. The molecule has 0 saturated carbocycles. The first-order valence-corrected chi connectivity index (χ1v) is 8.55. The van der Waals surface area contributed by atoms with Gasteiger partial charge in [0, 0.05) is 12.1 Å². The summed E-state index contributed by atoms with van der Waals surface area (Å²) in [6.07, 6.45) is 0.834. The second-order valence-corrected chi connectivity index (χ2v) is 7.11. The number of rotatable bonds is 3. The minimum atomic E-state index is -3.78. The molecule has 0 fully saturated rings. The van der Waals surface area contributed by atoms with E-state index in [-0.39, 0.29) is 10.8 Å². The van der Waals surface area contributed by atoms with Crippen LogP contribution in [0.2, 0.25) is 0 Å². The number of carbonyl (C=O) groups excluding carboxylic acids is 1. The molecule has 0 aliphatic carbocycles. The predicted molar refractivity (Wildman–Crippen MR) is 85.3 cm³/mol. The highest BCUT2D eigenvalue weighted by Crippen LogP contribution is 2.27. The molecule has 0 spiro atoms. The third-order valence-corrected chi connectivity index (χ3v) is 5.08. The highest BCUT2D eigenvalue weighted by Gasteiger charge is 2.20. The van der Waals surface area contributed by atoms with Gasteiger partial charge < -0.3 is 5.32 Å². The van der Waals surface area contributed by atoms with Gasteiger partial charge in [0.2, 0.25) is 5.91 Å². The van der Waals surface area contributed by atoms with Crippen LogP contribution in [0.1, 0.15) is 17.5 Å². The largest absolute Gasteiger partial charge is 0.326 e. The molecular weight excluding hydrogens is 319 g/mol. The van der Waals surface area contributed by atoms with Gasteiger partial charge >= 0.3 is 0 Å². The first-order chi connectivity index (χ1) is 10.8. The van der Waals surface area contributed by atoms with Crippen LogP contribution in [0.25, 0.3) is 0 Å². The Morgan fingerprint density at radius 2 is 1.91 bits per heavy atom. The van der Waals surface area contributed by atoms with Crippen LogP contribution in [0.4, 0.5) is 15.8 Å². The summed E-state index contributed by atoms with van der Waals surface area (Å²) in [6.45, 7) is 1.63. The first-order valence-electron chi connectivity index (χ1n) is 7.07. The Hall–Kier alpha value is -2.41. The molecular formula is C16H15FN2O3S. The SMILES string of the molecule is Cc1cc(F)ccc1NS(=O)(=O)c1ccc2c(c1)CCC(=O)N2. The van der Waals surface area contributed by atoms with E-state index in [0.29, 0.717) is 29.8 Å². The number of aryl methyl sites for hydroxylation is 2. The van der Waals surface area contributed by atoms with Crippen molar-refractivity contribution in [2.45, 2.75) is 24.7 Å². The van der Waals surface area contributed by atoms with E-state index >= 15 is 0 Å². The molecule has 1 amide bonds. The summed E-state index contributed by atoms with van der Waals surface area (Å²) in [6, 6.07) is 8.42. The summed E-state index contributed by atoms with van der Waals surface area (Å²) in [5, 5.41) is 2.71. The fourth-order valence-electron chi connectivity index (χ4n) is 2.47. The van der Waals surface area contributed by atoms with Crippen LogP contribution in [0.3, 0.4) is 0 Å².